The van der Waals surface area contributed by atoms with Gasteiger partial charge in [-0.2, -0.15) is 0 Å². The topological polar surface area (TPSA) is 60.8 Å². The van der Waals surface area contributed by atoms with Gasteiger partial charge in [-0.05, 0) is 31.0 Å². The molecule has 0 aromatic heterocycles. The molecule has 0 saturated heterocycles. The van der Waals surface area contributed by atoms with Gasteiger partial charge in [0, 0.05) is 13.1 Å². The fraction of sp³-hybridized carbons (Fsp3) is 0.500. The minimum Gasteiger partial charge on any atom is -0.478 e. The van der Waals surface area contributed by atoms with Crippen LogP contribution in [-0.4, -0.2) is 35.9 Å². The van der Waals surface area contributed by atoms with Crippen LogP contribution in [0.3, 0.4) is 0 Å². The largest absolute Gasteiger partial charge is 0.478 e. The van der Waals surface area contributed by atoms with Gasteiger partial charge in [0.15, 0.2) is 0 Å². The van der Waals surface area contributed by atoms with Crippen molar-refractivity contribution in [1.29, 1.82) is 0 Å². The van der Waals surface area contributed by atoms with Crippen LogP contribution in [-0.2, 0) is 0 Å². The number of hydrogen-bond donors (Lipinski definition) is 2. The highest BCUT2D eigenvalue weighted by Gasteiger charge is 2.15. The van der Waals surface area contributed by atoms with Crippen LogP contribution in [0.2, 0.25) is 0 Å². The second-order valence-corrected chi connectivity index (χ2v) is 4.39. The van der Waals surface area contributed by atoms with Crippen molar-refractivity contribution in [3.8, 4) is 0 Å². The number of nitrogens with zero attached hydrogens (tertiary/aromatic N) is 1. The van der Waals surface area contributed by atoms with Crippen LogP contribution >= 0.6 is 0 Å². The fourth-order valence-corrected chi connectivity index (χ4v) is 1.91. The average Bonchev–Trinajstić information content (AvgIpc) is 2.34. The summed E-state index contributed by atoms with van der Waals surface area (Å²) in [6, 6.07) is 5.29. The molecule has 100 valence electrons. The molecule has 0 unspecified atom stereocenters. The molecular weight excluding hydrogens is 230 g/mol. The molecule has 4 heteroatoms. The number of aliphatic hydroxyl groups excluding tert-OH is 1. The molecule has 4 nitrogen and oxygen atoms in total. The zero-order valence-electron chi connectivity index (χ0n) is 11.0. The van der Waals surface area contributed by atoms with Crippen molar-refractivity contribution >= 4 is 11.7 Å². The van der Waals surface area contributed by atoms with E-state index in [-0.39, 0.29) is 6.61 Å². The van der Waals surface area contributed by atoms with Crippen molar-refractivity contribution < 1.29 is 15.0 Å². The van der Waals surface area contributed by atoms with Crippen LogP contribution in [0, 0.1) is 6.92 Å². The Morgan fingerprint density at radius 3 is 2.61 bits per heavy atom. The Morgan fingerprint density at radius 1 is 1.33 bits per heavy atom. The second-order valence-electron chi connectivity index (χ2n) is 4.39. The maximum atomic E-state index is 11.2. The second kappa shape index (κ2) is 7.01. The van der Waals surface area contributed by atoms with Gasteiger partial charge >= 0.3 is 5.97 Å². The molecule has 0 spiro atoms. The van der Waals surface area contributed by atoms with E-state index in [9.17, 15) is 9.90 Å². The molecule has 0 aliphatic heterocycles. The quantitative estimate of drug-likeness (QED) is 0.780. The van der Waals surface area contributed by atoms with Gasteiger partial charge in [0.1, 0.15) is 0 Å². The number of carboxylic acids is 1. The molecule has 0 radical (unpaired) electrons. The SMILES string of the molecule is CCCCN(CCO)c1cc(C)ccc1C(=O)O. The van der Waals surface area contributed by atoms with E-state index < -0.39 is 5.97 Å². The number of unbranched alkanes of at least 4 members (excludes halogenated alkanes) is 1. The summed E-state index contributed by atoms with van der Waals surface area (Å²) >= 11 is 0. The third kappa shape index (κ3) is 3.74. The fourth-order valence-electron chi connectivity index (χ4n) is 1.91. The van der Waals surface area contributed by atoms with Crippen LogP contribution in [0.15, 0.2) is 18.2 Å². The predicted molar refractivity (Wildman–Crippen MR) is 72.3 cm³/mol. The Morgan fingerprint density at radius 2 is 2.06 bits per heavy atom. The van der Waals surface area contributed by atoms with E-state index in [2.05, 4.69) is 6.92 Å². The van der Waals surface area contributed by atoms with Crippen molar-refractivity contribution in [2.75, 3.05) is 24.6 Å². The third-order valence-corrected chi connectivity index (χ3v) is 2.88. The Labute approximate surface area is 108 Å². The lowest BCUT2D eigenvalue weighted by molar-refractivity contribution is 0.0697. The first-order valence-corrected chi connectivity index (χ1v) is 6.30. The van der Waals surface area contributed by atoms with E-state index in [0.717, 1.165) is 24.9 Å². The number of anilines is 1. The van der Waals surface area contributed by atoms with Gasteiger partial charge in [-0.1, -0.05) is 19.4 Å². The number of carboxylic acid groups (broad SMARTS) is 1. The molecule has 0 saturated carbocycles. The van der Waals surface area contributed by atoms with E-state index >= 15 is 0 Å². The molecule has 0 amide bonds. The summed E-state index contributed by atoms with van der Waals surface area (Å²) in [7, 11) is 0. The highest BCUT2D eigenvalue weighted by molar-refractivity contribution is 5.94. The predicted octanol–water partition coefficient (Wildman–Crippen LogP) is 2.29. The molecule has 18 heavy (non-hydrogen) atoms. The van der Waals surface area contributed by atoms with Crippen LogP contribution < -0.4 is 4.90 Å². The highest BCUT2D eigenvalue weighted by Crippen LogP contribution is 2.22. The lowest BCUT2D eigenvalue weighted by atomic mass is 10.1. The molecule has 2 N–H and O–H groups in total. The molecule has 0 fully saturated rings. The number of aromatic carboxylic acids is 1. The van der Waals surface area contributed by atoms with Gasteiger partial charge in [-0.3, -0.25) is 0 Å². The van der Waals surface area contributed by atoms with Gasteiger partial charge < -0.3 is 15.1 Å². The standard InChI is InChI=1S/C14H21NO3/c1-3-4-7-15(8-9-16)13-10-11(2)5-6-12(13)14(17)18/h5-6,10,16H,3-4,7-9H2,1-2H3,(H,17,18). The summed E-state index contributed by atoms with van der Waals surface area (Å²) in [5, 5.41) is 18.3. The van der Waals surface area contributed by atoms with Crippen LogP contribution in [0.5, 0.6) is 0 Å². The summed E-state index contributed by atoms with van der Waals surface area (Å²) in [5.41, 5.74) is 2.02. The van der Waals surface area contributed by atoms with E-state index in [1.54, 1.807) is 12.1 Å². The smallest absolute Gasteiger partial charge is 0.337 e. The lowest BCUT2D eigenvalue weighted by Crippen LogP contribution is -2.29. The first-order chi connectivity index (χ1) is 8.60. The minimum absolute atomic E-state index is 0.0245. The molecule has 1 aromatic rings. The molecular formula is C14H21NO3. The lowest BCUT2D eigenvalue weighted by Gasteiger charge is -2.25. The molecule has 0 heterocycles. The Hall–Kier alpha value is -1.55. The number of aliphatic hydroxyl groups is 1. The van der Waals surface area contributed by atoms with Crippen molar-refractivity contribution in [3.63, 3.8) is 0 Å². The summed E-state index contributed by atoms with van der Waals surface area (Å²) in [6.45, 7) is 5.28. The third-order valence-electron chi connectivity index (χ3n) is 2.88. The number of rotatable bonds is 7. The van der Waals surface area contributed by atoms with E-state index in [0.29, 0.717) is 17.8 Å². The zero-order chi connectivity index (χ0) is 13.5. The maximum absolute atomic E-state index is 11.2. The first-order valence-electron chi connectivity index (χ1n) is 6.30. The van der Waals surface area contributed by atoms with Gasteiger partial charge in [0.2, 0.25) is 0 Å². The van der Waals surface area contributed by atoms with E-state index in [1.165, 1.54) is 0 Å². The average molecular weight is 251 g/mol. The van der Waals surface area contributed by atoms with Crippen molar-refractivity contribution in [3.05, 3.63) is 29.3 Å². The Kier molecular flexibility index (Phi) is 5.65. The van der Waals surface area contributed by atoms with Crippen molar-refractivity contribution in [2.24, 2.45) is 0 Å². The van der Waals surface area contributed by atoms with Crippen molar-refractivity contribution in [2.45, 2.75) is 26.7 Å². The molecule has 0 aliphatic carbocycles. The number of benzene rings is 1. The number of hydrogen-bond acceptors (Lipinski definition) is 3. The first kappa shape index (κ1) is 14.5. The molecule has 1 aromatic carbocycles. The van der Waals surface area contributed by atoms with Gasteiger partial charge in [-0.15, -0.1) is 0 Å². The van der Waals surface area contributed by atoms with Crippen LogP contribution in [0.4, 0.5) is 5.69 Å². The minimum atomic E-state index is -0.926. The molecule has 1 rings (SSSR count). The monoisotopic (exact) mass is 251 g/mol. The molecule has 0 bridgehead atoms. The zero-order valence-corrected chi connectivity index (χ0v) is 11.0. The van der Waals surface area contributed by atoms with E-state index in [4.69, 9.17) is 5.11 Å². The van der Waals surface area contributed by atoms with Gasteiger partial charge in [0.05, 0.1) is 17.9 Å². The number of carbonyl (C=O) groups is 1. The van der Waals surface area contributed by atoms with Crippen LogP contribution in [0.25, 0.3) is 0 Å². The van der Waals surface area contributed by atoms with Crippen molar-refractivity contribution in [1.82, 2.24) is 0 Å². The van der Waals surface area contributed by atoms with Gasteiger partial charge in [-0.25, -0.2) is 4.79 Å². The Balaban J connectivity index is 3.07. The number of aryl methyl sites for hydroxylation is 1. The normalized spacial score (nSPS) is 10.4. The maximum Gasteiger partial charge on any atom is 0.337 e. The highest BCUT2D eigenvalue weighted by atomic mass is 16.4. The molecule has 0 atom stereocenters. The Bertz CT molecular complexity index is 404. The van der Waals surface area contributed by atoms with Gasteiger partial charge in [0.25, 0.3) is 0 Å². The summed E-state index contributed by atoms with van der Waals surface area (Å²) < 4.78 is 0. The molecule has 0 aliphatic rings. The van der Waals surface area contributed by atoms with E-state index in [1.807, 2.05) is 17.9 Å². The summed E-state index contributed by atoms with van der Waals surface area (Å²) in [6.07, 6.45) is 2.02. The van der Waals surface area contributed by atoms with Crippen LogP contribution in [0.1, 0.15) is 35.7 Å². The summed E-state index contributed by atoms with van der Waals surface area (Å²) in [4.78, 5) is 13.2. The summed E-state index contributed by atoms with van der Waals surface area (Å²) in [5.74, 6) is -0.926.